The largest absolute Gasteiger partial charge is 0.496 e. The summed E-state index contributed by atoms with van der Waals surface area (Å²) in [7, 11) is 1.06. The molecule has 0 spiro atoms. The molecular formula is C20H24N4O4S. The molecule has 2 aromatic carbocycles. The lowest BCUT2D eigenvalue weighted by molar-refractivity contribution is -0.121. The lowest BCUT2D eigenvalue weighted by Crippen LogP contribution is -2.24. The number of aromatic nitrogens is 2. The van der Waals surface area contributed by atoms with E-state index in [1.54, 1.807) is 31.6 Å². The second kappa shape index (κ2) is 8.62. The highest BCUT2D eigenvalue weighted by Gasteiger charge is 2.18. The molecule has 1 amide bonds. The van der Waals surface area contributed by atoms with E-state index < -0.39 is 10.0 Å². The number of benzene rings is 2. The van der Waals surface area contributed by atoms with Crippen LogP contribution in [0.15, 0.2) is 53.7 Å². The molecule has 0 atom stereocenters. The van der Waals surface area contributed by atoms with Crippen molar-refractivity contribution in [2.45, 2.75) is 24.4 Å². The van der Waals surface area contributed by atoms with E-state index in [-0.39, 0.29) is 17.2 Å². The molecule has 0 bridgehead atoms. The quantitative estimate of drug-likeness (QED) is 0.606. The van der Waals surface area contributed by atoms with Crippen LogP contribution in [0.25, 0.3) is 11.0 Å². The molecule has 9 heteroatoms. The zero-order chi connectivity index (χ0) is 21.0. The number of aryl methyl sites for hydroxylation is 1. The van der Waals surface area contributed by atoms with Crippen molar-refractivity contribution in [1.29, 1.82) is 0 Å². The van der Waals surface area contributed by atoms with Crippen molar-refractivity contribution in [3.05, 3.63) is 54.4 Å². The third kappa shape index (κ3) is 4.57. The van der Waals surface area contributed by atoms with Gasteiger partial charge in [0, 0.05) is 39.2 Å². The maximum Gasteiger partial charge on any atom is 0.242 e. The molecule has 0 saturated heterocycles. The molecule has 1 N–H and O–H groups in total. The van der Waals surface area contributed by atoms with E-state index in [0.717, 1.165) is 21.1 Å². The molecule has 8 nitrogen and oxygen atoms in total. The summed E-state index contributed by atoms with van der Waals surface area (Å²) in [5.74, 6) is 0.640. The number of carbonyl (C=O) groups excluding carboxylic acids is 1. The highest BCUT2D eigenvalue weighted by Crippen LogP contribution is 2.20. The zero-order valence-electron chi connectivity index (χ0n) is 16.6. The summed E-state index contributed by atoms with van der Waals surface area (Å²) < 4.78 is 32.8. The monoisotopic (exact) mass is 416 g/mol. The van der Waals surface area contributed by atoms with Gasteiger partial charge in [0.2, 0.25) is 15.9 Å². The van der Waals surface area contributed by atoms with Gasteiger partial charge in [-0.05, 0) is 24.3 Å². The third-order valence-electron chi connectivity index (χ3n) is 4.62. The number of ether oxygens (including phenoxy) is 1. The molecular weight excluding hydrogens is 392 g/mol. The zero-order valence-corrected chi connectivity index (χ0v) is 17.4. The number of carbonyl (C=O) groups is 1. The van der Waals surface area contributed by atoms with Gasteiger partial charge in [0.05, 0.1) is 29.4 Å². The molecule has 0 saturated carbocycles. The first-order valence-electron chi connectivity index (χ1n) is 9.09. The van der Waals surface area contributed by atoms with Gasteiger partial charge in [0.15, 0.2) is 0 Å². The van der Waals surface area contributed by atoms with E-state index in [1.807, 2.05) is 28.8 Å². The van der Waals surface area contributed by atoms with E-state index in [4.69, 9.17) is 4.74 Å². The maximum absolute atomic E-state index is 12.3. The number of imidazole rings is 1. The number of nitrogens with zero attached hydrogens (tertiary/aromatic N) is 3. The topological polar surface area (TPSA) is 93.5 Å². The van der Waals surface area contributed by atoms with Crippen LogP contribution >= 0.6 is 0 Å². The van der Waals surface area contributed by atoms with E-state index in [2.05, 4.69) is 10.3 Å². The lowest BCUT2D eigenvalue weighted by atomic mass is 10.2. The van der Waals surface area contributed by atoms with Crippen molar-refractivity contribution in [2.75, 3.05) is 21.2 Å². The average Bonchev–Trinajstić information content (AvgIpc) is 3.13. The van der Waals surface area contributed by atoms with Crippen LogP contribution < -0.4 is 10.1 Å². The number of hydrogen-bond acceptors (Lipinski definition) is 5. The molecule has 3 rings (SSSR count). The Hall–Kier alpha value is -2.91. The SMILES string of the molecule is COc1ccccc1CNC(=O)CCn1cnc2cc(S(=O)(=O)N(C)C)ccc21. The third-order valence-corrected chi connectivity index (χ3v) is 6.43. The van der Waals surface area contributed by atoms with Crippen molar-refractivity contribution in [2.24, 2.45) is 0 Å². The Bertz CT molecular complexity index is 1120. The molecule has 0 aliphatic carbocycles. The number of hydrogen-bond donors (Lipinski definition) is 1. The van der Waals surface area contributed by atoms with Gasteiger partial charge in [-0.25, -0.2) is 17.7 Å². The molecule has 0 fully saturated rings. The second-order valence-electron chi connectivity index (χ2n) is 6.71. The van der Waals surface area contributed by atoms with Crippen LogP contribution in [0.5, 0.6) is 5.75 Å². The smallest absolute Gasteiger partial charge is 0.242 e. The molecule has 1 aromatic heterocycles. The summed E-state index contributed by atoms with van der Waals surface area (Å²) in [5.41, 5.74) is 2.26. The number of rotatable bonds is 8. The first kappa shape index (κ1) is 20.8. The molecule has 3 aromatic rings. The number of nitrogens with one attached hydrogen (secondary N) is 1. The Kier molecular flexibility index (Phi) is 6.19. The fourth-order valence-corrected chi connectivity index (χ4v) is 3.87. The van der Waals surface area contributed by atoms with Crippen LogP contribution in [-0.4, -0.2) is 49.4 Å². The van der Waals surface area contributed by atoms with Crippen LogP contribution in [0.4, 0.5) is 0 Å². The number of sulfonamides is 1. The Balaban J connectivity index is 1.64. The standard InChI is InChI=1S/C20H24N4O4S/c1-23(2)29(26,27)16-8-9-18-17(12-16)22-14-24(18)11-10-20(25)21-13-15-6-4-5-7-19(15)28-3/h4-9,12,14H,10-11,13H2,1-3H3,(H,21,25). The number of methoxy groups -OCH3 is 1. The summed E-state index contributed by atoms with van der Waals surface area (Å²) in [6.07, 6.45) is 1.89. The minimum absolute atomic E-state index is 0.0930. The molecule has 0 unspecified atom stereocenters. The van der Waals surface area contributed by atoms with E-state index in [9.17, 15) is 13.2 Å². The maximum atomic E-state index is 12.3. The van der Waals surface area contributed by atoms with Gasteiger partial charge in [0.25, 0.3) is 0 Å². The van der Waals surface area contributed by atoms with Crippen molar-refractivity contribution in [3.63, 3.8) is 0 Å². The minimum atomic E-state index is -3.51. The van der Waals surface area contributed by atoms with Gasteiger partial charge in [-0.3, -0.25) is 4.79 Å². The Morgan fingerprint density at radius 1 is 1.21 bits per heavy atom. The van der Waals surface area contributed by atoms with Crippen LogP contribution in [0.2, 0.25) is 0 Å². The Morgan fingerprint density at radius 2 is 1.97 bits per heavy atom. The summed E-state index contributed by atoms with van der Waals surface area (Å²) in [6, 6.07) is 12.3. The Labute approximate surface area is 170 Å². The van der Waals surface area contributed by atoms with E-state index in [0.29, 0.717) is 18.6 Å². The van der Waals surface area contributed by atoms with E-state index >= 15 is 0 Å². The number of fused-ring (bicyclic) bond motifs is 1. The van der Waals surface area contributed by atoms with Gasteiger partial charge in [-0.2, -0.15) is 0 Å². The fraction of sp³-hybridized carbons (Fsp3) is 0.300. The van der Waals surface area contributed by atoms with Crippen LogP contribution in [-0.2, 0) is 27.9 Å². The molecule has 154 valence electrons. The fourth-order valence-electron chi connectivity index (χ4n) is 2.95. The van der Waals surface area contributed by atoms with Gasteiger partial charge >= 0.3 is 0 Å². The second-order valence-corrected chi connectivity index (χ2v) is 8.87. The predicted molar refractivity (Wildman–Crippen MR) is 110 cm³/mol. The molecule has 0 aliphatic rings. The number of amides is 1. The van der Waals surface area contributed by atoms with Gasteiger partial charge in [0.1, 0.15) is 5.75 Å². The van der Waals surface area contributed by atoms with Gasteiger partial charge in [-0.1, -0.05) is 18.2 Å². The summed E-state index contributed by atoms with van der Waals surface area (Å²) in [5, 5.41) is 2.89. The summed E-state index contributed by atoms with van der Waals surface area (Å²) in [4.78, 5) is 16.7. The molecule has 29 heavy (non-hydrogen) atoms. The average molecular weight is 417 g/mol. The molecule has 0 aliphatic heterocycles. The number of para-hydroxylation sites is 1. The first-order chi connectivity index (χ1) is 13.8. The highest BCUT2D eigenvalue weighted by molar-refractivity contribution is 7.89. The van der Waals surface area contributed by atoms with Crippen molar-refractivity contribution in [1.82, 2.24) is 19.2 Å². The highest BCUT2D eigenvalue weighted by atomic mass is 32.2. The van der Waals surface area contributed by atoms with Crippen LogP contribution in [0.1, 0.15) is 12.0 Å². The van der Waals surface area contributed by atoms with Crippen molar-refractivity contribution in [3.8, 4) is 5.75 Å². The normalized spacial score (nSPS) is 11.7. The van der Waals surface area contributed by atoms with Gasteiger partial charge in [-0.15, -0.1) is 0 Å². The van der Waals surface area contributed by atoms with Gasteiger partial charge < -0.3 is 14.6 Å². The molecule has 1 heterocycles. The Morgan fingerprint density at radius 3 is 2.69 bits per heavy atom. The van der Waals surface area contributed by atoms with Crippen molar-refractivity contribution < 1.29 is 17.9 Å². The van der Waals surface area contributed by atoms with E-state index in [1.165, 1.54) is 14.1 Å². The minimum Gasteiger partial charge on any atom is -0.496 e. The van der Waals surface area contributed by atoms with Crippen molar-refractivity contribution >= 4 is 27.0 Å². The van der Waals surface area contributed by atoms with Crippen LogP contribution in [0, 0.1) is 0 Å². The summed E-state index contributed by atoms with van der Waals surface area (Å²) >= 11 is 0. The first-order valence-corrected chi connectivity index (χ1v) is 10.5. The summed E-state index contributed by atoms with van der Waals surface area (Å²) in [6.45, 7) is 0.827. The lowest BCUT2D eigenvalue weighted by Gasteiger charge is -2.11. The molecule has 0 radical (unpaired) electrons. The predicted octanol–water partition coefficient (Wildman–Crippen LogP) is 2.00. The van der Waals surface area contributed by atoms with Crippen LogP contribution in [0.3, 0.4) is 0 Å².